The lowest BCUT2D eigenvalue weighted by Crippen LogP contribution is -1.97. The first-order chi connectivity index (χ1) is 8.58. The monoisotopic (exact) mass is 280 g/mol. The fraction of sp³-hybridized carbons (Fsp3) is 0.250. The van der Waals surface area contributed by atoms with Gasteiger partial charge < -0.3 is 5.11 Å². The lowest BCUT2D eigenvalue weighted by atomic mass is 10.2. The maximum atomic E-state index is 11.1. The quantitative estimate of drug-likeness (QED) is 0.928. The molecule has 0 radical (unpaired) electrons. The maximum Gasteiger partial charge on any atom is 0.336 e. The number of hydrogen-bond donors (Lipinski definition) is 1. The molecular formula is C12H12N2O2S2. The molecule has 1 heterocycles. The van der Waals surface area contributed by atoms with Gasteiger partial charge in [-0.1, -0.05) is 37.7 Å². The average Bonchev–Trinajstić information content (AvgIpc) is 2.78. The number of carboxylic acids is 1. The second-order valence-corrected chi connectivity index (χ2v) is 6.02. The van der Waals surface area contributed by atoms with Gasteiger partial charge in [-0.2, -0.15) is 4.37 Å². The average molecular weight is 280 g/mol. The van der Waals surface area contributed by atoms with Crippen molar-refractivity contribution >= 4 is 29.3 Å². The minimum absolute atomic E-state index is 0.283. The predicted molar refractivity (Wildman–Crippen MR) is 71.5 cm³/mol. The van der Waals surface area contributed by atoms with Gasteiger partial charge in [0.05, 0.1) is 5.56 Å². The van der Waals surface area contributed by atoms with E-state index in [2.05, 4.69) is 9.36 Å². The van der Waals surface area contributed by atoms with Crippen molar-refractivity contribution in [3.63, 3.8) is 0 Å². The first kappa shape index (κ1) is 13.0. The van der Waals surface area contributed by atoms with E-state index in [1.165, 1.54) is 23.3 Å². The number of benzene rings is 1. The fourth-order valence-electron chi connectivity index (χ4n) is 1.32. The Morgan fingerprint density at radius 2 is 2.11 bits per heavy atom. The Labute approximate surface area is 113 Å². The van der Waals surface area contributed by atoms with E-state index in [9.17, 15) is 4.79 Å². The lowest BCUT2D eigenvalue weighted by molar-refractivity contribution is 0.0693. The summed E-state index contributed by atoms with van der Waals surface area (Å²) in [4.78, 5) is 16.2. The molecule has 1 aromatic carbocycles. The first-order valence-corrected chi connectivity index (χ1v) is 7.00. The highest BCUT2D eigenvalue weighted by Crippen LogP contribution is 2.32. The number of carbonyl (C=O) groups is 1. The molecule has 0 unspecified atom stereocenters. The summed E-state index contributed by atoms with van der Waals surface area (Å²) in [7, 11) is 0. The van der Waals surface area contributed by atoms with E-state index in [0.29, 0.717) is 10.5 Å². The molecule has 1 aromatic heterocycles. The number of nitrogens with zero attached hydrogens (tertiary/aromatic N) is 2. The smallest absolute Gasteiger partial charge is 0.336 e. The van der Waals surface area contributed by atoms with Gasteiger partial charge in [-0.3, -0.25) is 0 Å². The van der Waals surface area contributed by atoms with Gasteiger partial charge in [-0.15, -0.1) is 0 Å². The molecule has 0 spiro atoms. The zero-order valence-corrected chi connectivity index (χ0v) is 11.6. The second-order valence-electron chi connectivity index (χ2n) is 3.98. The standard InChI is InChI=1S/C12H12N2O2S2/c1-7(2)10-13-12(18-14-10)17-9-6-4-3-5-8(9)11(15)16/h3-7H,1-2H3,(H,15,16). The summed E-state index contributed by atoms with van der Waals surface area (Å²) in [5.74, 6) is 0.160. The summed E-state index contributed by atoms with van der Waals surface area (Å²) in [6.07, 6.45) is 0. The zero-order valence-electron chi connectivity index (χ0n) is 9.95. The predicted octanol–water partition coefficient (Wildman–Crippen LogP) is 3.51. The summed E-state index contributed by atoms with van der Waals surface area (Å²) < 4.78 is 5.02. The van der Waals surface area contributed by atoms with E-state index >= 15 is 0 Å². The van der Waals surface area contributed by atoms with Crippen LogP contribution in [0.4, 0.5) is 0 Å². The van der Waals surface area contributed by atoms with Gasteiger partial charge in [-0.25, -0.2) is 9.78 Å². The van der Waals surface area contributed by atoms with Crippen LogP contribution in [0.25, 0.3) is 0 Å². The molecule has 0 amide bonds. The van der Waals surface area contributed by atoms with E-state index in [-0.39, 0.29) is 5.92 Å². The molecule has 4 nitrogen and oxygen atoms in total. The van der Waals surface area contributed by atoms with Crippen molar-refractivity contribution < 1.29 is 9.90 Å². The molecule has 2 aromatic rings. The molecule has 0 bridgehead atoms. The molecule has 0 aliphatic carbocycles. The molecular weight excluding hydrogens is 268 g/mol. The molecule has 0 aliphatic heterocycles. The maximum absolute atomic E-state index is 11.1. The zero-order chi connectivity index (χ0) is 13.1. The van der Waals surface area contributed by atoms with Crippen LogP contribution in [-0.2, 0) is 0 Å². The third-order valence-electron chi connectivity index (χ3n) is 2.25. The van der Waals surface area contributed by atoms with E-state index < -0.39 is 5.97 Å². The van der Waals surface area contributed by atoms with Crippen LogP contribution in [0.1, 0.15) is 35.9 Å². The van der Waals surface area contributed by atoms with Gasteiger partial charge in [0.15, 0.2) is 4.34 Å². The van der Waals surface area contributed by atoms with Crippen LogP contribution in [-0.4, -0.2) is 20.4 Å². The molecule has 6 heteroatoms. The highest BCUT2D eigenvalue weighted by molar-refractivity contribution is 8.01. The highest BCUT2D eigenvalue weighted by Gasteiger charge is 2.13. The third-order valence-corrected chi connectivity index (χ3v) is 4.10. The van der Waals surface area contributed by atoms with Gasteiger partial charge in [0.2, 0.25) is 0 Å². The van der Waals surface area contributed by atoms with E-state index in [1.807, 2.05) is 19.9 Å². The summed E-state index contributed by atoms with van der Waals surface area (Å²) in [6, 6.07) is 6.91. The second kappa shape index (κ2) is 5.49. The van der Waals surface area contributed by atoms with Crippen molar-refractivity contribution in [1.82, 2.24) is 9.36 Å². The largest absolute Gasteiger partial charge is 0.478 e. The number of aromatic carboxylic acids is 1. The molecule has 18 heavy (non-hydrogen) atoms. The Balaban J connectivity index is 2.25. The molecule has 2 rings (SSSR count). The van der Waals surface area contributed by atoms with Crippen molar-refractivity contribution in [1.29, 1.82) is 0 Å². The fourth-order valence-corrected chi connectivity index (χ4v) is 3.15. The summed E-state index contributed by atoms with van der Waals surface area (Å²) in [5, 5.41) is 9.09. The highest BCUT2D eigenvalue weighted by atomic mass is 32.2. The van der Waals surface area contributed by atoms with Crippen LogP contribution in [0.3, 0.4) is 0 Å². The number of carboxylic acid groups (broad SMARTS) is 1. The van der Waals surface area contributed by atoms with Crippen LogP contribution in [0.15, 0.2) is 33.5 Å². The summed E-state index contributed by atoms with van der Waals surface area (Å²) in [6.45, 7) is 4.06. The Morgan fingerprint density at radius 1 is 1.39 bits per heavy atom. The molecule has 1 N–H and O–H groups in total. The number of hydrogen-bond acceptors (Lipinski definition) is 5. The minimum atomic E-state index is -0.924. The van der Waals surface area contributed by atoms with Crippen LogP contribution in [0, 0.1) is 0 Å². The van der Waals surface area contributed by atoms with Crippen molar-refractivity contribution in [2.45, 2.75) is 29.0 Å². The molecule has 94 valence electrons. The van der Waals surface area contributed by atoms with Crippen molar-refractivity contribution in [2.75, 3.05) is 0 Å². The van der Waals surface area contributed by atoms with Gasteiger partial charge in [0, 0.05) is 10.8 Å². The number of aromatic nitrogens is 2. The van der Waals surface area contributed by atoms with Crippen molar-refractivity contribution in [2.24, 2.45) is 0 Å². The summed E-state index contributed by atoms with van der Waals surface area (Å²) >= 11 is 2.65. The molecule has 0 saturated carbocycles. The minimum Gasteiger partial charge on any atom is -0.478 e. The topological polar surface area (TPSA) is 63.1 Å². The van der Waals surface area contributed by atoms with Crippen molar-refractivity contribution in [3.8, 4) is 0 Å². The first-order valence-electron chi connectivity index (χ1n) is 5.41. The van der Waals surface area contributed by atoms with Crippen molar-refractivity contribution in [3.05, 3.63) is 35.7 Å². The van der Waals surface area contributed by atoms with Crippen LogP contribution >= 0.6 is 23.3 Å². The van der Waals surface area contributed by atoms with E-state index in [4.69, 9.17) is 5.11 Å². The SMILES string of the molecule is CC(C)c1nsc(Sc2ccccc2C(=O)O)n1. The Morgan fingerprint density at radius 3 is 2.72 bits per heavy atom. The lowest BCUT2D eigenvalue weighted by Gasteiger charge is -2.02. The Bertz CT molecular complexity index is 567. The van der Waals surface area contributed by atoms with Crippen LogP contribution in [0.5, 0.6) is 0 Å². The third kappa shape index (κ3) is 2.88. The van der Waals surface area contributed by atoms with E-state index in [1.54, 1.807) is 18.2 Å². The Hall–Kier alpha value is -1.40. The molecule has 0 saturated heterocycles. The summed E-state index contributed by atoms with van der Waals surface area (Å²) in [5.41, 5.74) is 0.295. The number of rotatable bonds is 4. The molecule has 0 aliphatic rings. The van der Waals surface area contributed by atoms with Crippen LogP contribution in [0.2, 0.25) is 0 Å². The van der Waals surface area contributed by atoms with Gasteiger partial charge in [0.25, 0.3) is 0 Å². The van der Waals surface area contributed by atoms with Gasteiger partial charge >= 0.3 is 5.97 Å². The van der Waals surface area contributed by atoms with Crippen LogP contribution < -0.4 is 0 Å². The van der Waals surface area contributed by atoms with E-state index in [0.717, 1.165) is 10.2 Å². The normalized spacial score (nSPS) is 10.8. The molecule has 0 fully saturated rings. The van der Waals surface area contributed by atoms with Gasteiger partial charge in [0.1, 0.15) is 5.82 Å². The van der Waals surface area contributed by atoms with Gasteiger partial charge in [-0.05, 0) is 23.7 Å². The molecule has 0 atom stereocenters. The Kier molecular flexibility index (Phi) is 3.98.